The number of rotatable bonds is 9. The fourth-order valence-corrected chi connectivity index (χ4v) is 5.72. The molecule has 9 heteroatoms. The van der Waals surface area contributed by atoms with Gasteiger partial charge in [-0.2, -0.15) is 0 Å². The minimum Gasteiger partial charge on any atom is -0.485 e. The topological polar surface area (TPSA) is 126 Å². The standard InChI is InChI=1S/C27H40N4O5/c1-6-27(7-2)15-21(32)31(25(28)30-27)19(12-13-35-5)17-14-18(17)24(34)29-22-16-10-8-9-11-20(16)36-26(3,4)23(22)33/h8-11,17-19,22-23,33H,6-7,12-15H2,1-5H3,(H2,28,30)(H,29,34)/t17?,18-,19-,22+,23-/m1/s1. The summed E-state index contributed by atoms with van der Waals surface area (Å²) in [4.78, 5) is 33.1. The molecule has 1 saturated carbocycles. The zero-order chi connectivity index (χ0) is 26.3. The molecule has 4 rings (SSSR count). The van der Waals surface area contributed by atoms with Gasteiger partial charge < -0.3 is 25.6 Å². The van der Waals surface area contributed by atoms with Gasteiger partial charge in [-0.25, -0.2) is 4.99 Å². The molecule has 3 aliphatic rings. The predicted molar refractivity (Wildman–Crippen MR) is 136 cm³/mol. The lowest BCUT2D eigenvalue weighted by Gasteiger charge is -2.42. The Bertz CT molecular complexity index is 1020. The largest absolute Gasteiger partial charge is 0.485 e. The number of methoxy groups -OCH3 is 1. The lowest BCUT2D eigenvalue weighted by Crippen LogP contribution is -2.56. The van der Waals surface area contributed by atoms with Gasteiger partial charge in [-0.3, -0.25) is 14.5 Å². The highest BCUT2D eigenvalue weighted by atomic mass is 16.5. The van der Waals surface area contributed by atoms with E-state index >= 15 is 0 Å². The average molecular weight is 501 g/mol. The number of nitrogens with one attached hydrogen (secondary N) is 1. The summed E-state index contributed by atoms with van der Waals surface area (Å²) < 4.78 is 11.3. The number of para-hydroxylation sites is 1. The molecule has 9 nitrogen and oxygen atoms in total. The van der Waals surface area contributed by atoms with E-state index < -0.39 is 23.3 Å². The molecule has 1 unspecified atom stereocenters. The van der Waals surface area contributed by atoms with Crippen molar-refractivity contribution in [2.45, 2.75) is 89.1 Å². The maximum absolute atomic E-state index is 13.4. The molecule has 36 heavy (non-hydrogen) atoms. The second kappa shape index (κ2) is 10.0. The van der Waals surface area contributed by atoms with Crippen LogP contribution in [0, 0.1) is 11.8 Å². The summed E-state index contributed by atoms with van der Waals surface area (Å²) in [6.07, 6.45) is 2.08. The highest BCUT2D eigenvalue weighted by molar-refractivity contribution is 5.99. The first-order valence-electron chi connectivity index (χ1n) is 13.0. The van der Waals surface area contributed by atoms with Gasteiger partial charge in [0.15, 0.2) is 5.96 Å². The minimum atomic E-state index is -0.916. The molecule has 0 bridgehead atoms. The number of hydrogen-bond donors (Lipinski definition) is 3. The minimum absolute atomic E-state index is 0.0473. The van der Waals surface area contributed by atoms with Crippen LogP contribution in [0.2, 0.25) is 0 Å². The van der Waals surface area contributed by atoms with Crippen molar-refractivity contribution in [3.63, 3.8) is 0 Å². The highest BCUT2D eigenvalue weighted by Crippen LogP contribution is 2.47. The number of aliphatic hydroxyl groups excluding tert-OH is 1. The molecule has 0 saturated heterocycles. The summed E-state index contributed by atoms with van der Waals surface area (Å²) in [5.41, 5.74) is 5.82. The molecule has 0 aromatic heterocycles. The summed E-state index contributed by atoms with van der Waals surface area (Å²) in [6, 6.07) is 6.59. The Balaban J connectivity index is 1.53. The average Bonchev–Trinajstić information content (AvgIpc) is 3.64. The maximum atomic E-state index is 13.4. The summed E-state index contributed by atoms with van der Waals surface area (Å²) >= 11 is 0. The van der Waals surface area contributed by atoms with Gasteiger partial charge in [0, 0.05) is 31.2 Å². The third-order valence-corrected chi connectivity index (χ3v) is 8.24. The lowest BCUT2D eigenvalue weighted by molar-refractivity contribution is -0.133. The van der Waals surface area contributed by atoms with Gasteiger partial charge in [0.05, 0.1) is 18.0 Å². The number of ether oxygens (including phenoxy) is 2. The van der Waals surface area contributed by atoms with E-state index in [0.717, 1.165) is 18.4 Å². The van der Waals surface area contributed by atoms with Crippen molar-refractivity contribution in [3.05, 3.63) is 29.8 Å². The summed E-state index contributed by atoms with van der Waals surface area (Å²) in [5, 5.41) is 14.1. The monoisotopic (exact) mass is 500 g/mol. The molecular formula is C27H40N4O5. The number of aliphatic hydroxyl groups is 1. The van der Waals surface area contributed by atoms with Crippen molar-refractivity contribution in [1.29, 1.82) is 0 Å². The quantitative estimate of drug-likeness (QED) is 0.478. The Morgan fingerprint density at radius 3 is 2.67 bits per heavy atom. The van der Waals surface area contributed by atoms with E-state index in [-0.39, 0.29) is 35.7 Å². The fourth-order valence-electron chi connectivity index (χ4n) is 5.72. The van der Waals surface area contributed by atoms with E-state index in [1.54, 1.807) is 12.0 Å². The molecule has 2 heterocycles. The Hall–Kier alpha value is -2.65. The number of hydrogen-bond acceptors (Lipinski definition) is 7. The van der Waals surface area contributed by atoms with E-state index in [0.29, 0.717) is 31.6 Å². The van der Waals surface area contributed by atoms with E-state index in [1.165, 1.54) is 0 Å². The van der Waals surface area contributed by atoms with Crippen LogP contribution < -0.4 is 15.8 Å². The Labute approximate surface area is 213 Å². The van der Waals surface area contributed by atoms with Crippen LogP contribution in [0.25, 0.3) is 0 Å². The molecule has 0 radical (unpaired) electrons. The van der Waals surface area contributed by atoms with Crippen LogP contribution in [0.3, 0.4) is 0 Å². The number of carbonyl (C=O) groups is 2. The van der Waals surface area contributed by atoms with Crippen molar-refractivity contribution >= 4 is 17.8 Å². The van der Waals surface area contributed by atoms with Gasteiger partial charge >= 0.3 is 0 Å². The van der Waals surface area contributed by atoms with Crippen LogP contribution >= 0.6 is 0 Å². The molecule has 1 aliphatic carbocycles. The molecular weight excluding hydrogens is 460 g/mol. The number of amides is 2. The molecule has 2 amide bonds. The molecule has 1 aromatic rings. The predicted octanol–water partition coefficient (Wildman–Crippen LogP) is 2.52. The number of carbonyl (C=O) groups excluding carboxylic acids is 2. The van der Waals surface area contributed by atoms with Gasteiger partial charge in [0.1, 0.15) is 17.5 Å². The SMILES string of the molecule is CCC1(CC)CC(=O)N([C@H](CCOC)C2C[C@H]2C(=O)N[C@H]2c3ccccc3OC(C)(C)[C@@H]2O)C(N)=N1. The van der Waals surface area contributed by atoms with Gasteiger partial charge in [-0.05, 0) is 51.5 Å². The van der Waals surface area contributed by atoms with E-state index in [1.807, 2.05) is 52.0 Å². The van der Waals surface area contributed by atoms with Crippen LogP contribution in [-0.4, -0.2) is 64.8 Å². The van der Waals surface area contributed by atoms with E-state index in [2.05, 4.69) is 5.32 Å². The van der Waals surface area contributed by atoms with Gasteiger partial charge in [0.2, 0.25) is 11.8 Å². The number of nitrogens with two attached hydrogens (primary N) is 1. The molecule has 2 aliphatic heterocycles. The van der Waals surface area contributed by atoms with Crippen LogP contribution in [-0.2, 0) is 14.3 Å². The zero-order valence-corrected chi connectivity index (χ0v) is 22.0. The maximum Gasteiger partial charge on any atom is 0.231 e. The molecule has 0 spiro atoms. The van der Waals surface area contributed by atoms with Crippen LogP contribution in [0.5, 0.6) is 5.75 Å². The molecule has 1 fully saturated rings. The zero-order valence-electron chi connectivity index (χ0n) is 22.0. The Morgan fingerprint density at radius 1 is 1.33 bits per heavy atom. The summed E-state index contributed by atoms with van der Waals surface area (Å²) in [6.45, 7) is 8.11. The second-order valence-corrected chi connectivity index (χ2v) is 10.9. The number of benzene rings is 1. The number of aliphatic imine (C=N–C) groups is 1. The van der Waals surface area contributed by atoms with Crippen molar-refractivity contribution in [3.8, 4) is 5.75 Å². The first-order chi connectivity index (χ1) is 17.1. The lowest BCUT2D eigenvalue weighted by atomic mass is 9.86. The van der Waals surface area contributed by atoms with Crippen LogP contribution in [0.1, 0.15) is 71.4 Å². The first-order valence-corrected chi connectivity index (χ1v) is 13.0. The third-order valence-electron chi connectivity index (χ3n) is 8.24. The summed E-state index contributed by atoms with van der Waals surface area (Å²) in [5.74, 6) is 0.347. The molecule has 198 valence electrons. The Kier molecular flexibility index (Phi) is 7.35. The third kappa shape index (κ3) is 4.83. The second-order valence-electron chi connectivity index (χ2n) is 10.9. The van der Waals surface area contributed by atoms with E-state index in [4.69, 9.17) is 20.2 Å². The molecule has 1 aromatic carbocycles. The van der Waals surface area contributed by atoms with E-state index in [9.17, 15) is 14.7 Å². The first kappa shape index (κ1) is 26.4. The number of guanidine groups is 1. The fraction of sp³-hybridized carbons (Fsp3) is 0.667. The summed E-state index contributed by atoms with van der Waals surface area (Å²) in [7, 11) is 1.62. The van der Waals surface area contributed by atoms with Crippen molar-refractivity contribution in [1.82, 2.24) is 10.2 Å². The van der Waals surface area contributed by atoms with Crippen molar-refractivity contribution in [2.24, 2.45) is 22.6 Å². The number of fused-ring (bicyclic) bond motifs is 1. The van der Waals surface area contributed by atoms with Crippen molar-refractivity contribution in [2.75, 3.05) is 13.7 Å². The van der Waals surface area contributed by atoms with Gasteiger partial charge in [-0.1, -0.05) is 32.0 Å². The van der Waals surface area contributed by atoms with Crippen LogP contribution in [0.15, 0.2) is 29.3 Å². The molecule has 4 N–H and O–H groups in total. The number of nitrogens with zero attached hydrogens (tertiary/aromatic N) is 2. The van der Waals surface area contributed by atoms with Gasteiger partial charge in [0.25, 0.3) is 0 Å². The normalized spacial score (nSPS) is 29.0. The van der Waals surface area contributed by atoms with Crippen molar-refractivity contribution < 1.29 is 24.2 Å². The smallest absolute Gasteiger partial charge is 0.231 e. The highest BCUT2D eigenvalue weighted by Gasteiger charge is 2.53. The Morgan fingerprint density at radius 2 is 2.03 bits per heavy atom. The molecule has 5 atom stereocenters. The van der Waals surface area contributed by atoms with Crippen LogP contribution in [0.4, 0.5) is 0 Å². The van der Waals surface area contributed by atoms with Gasteiger partial charge in [-0.15, -0.1) is 0 Å².